The summed E-state index contributed by atoms with van der Waals surface area (Å²) >= 11 is 1.44. The fourth-order valence-electron chi connectivity index (χ4n) is 3.32. The van der Waals surface area contributed by atoms with Gasteiger partial charge in [0.05, 0.1) is 5.01 Å². The molecule has 8 nitrogen and oxygen atoms in total. The van der Waals surface area contributed by atoms with E-state index in [0.717, 1.165) is 31.1 Å². The summed E-state index contributed by atoms with van der Waals surface area (Å²) in [7, 11) is 0. The topological polar surface area (TPSA) is 78.9 Å². The van der Waals surface area contributed by atoms with Crippen molar-refractivity contribution >= 4 is 29.2 Å². The minimum absolute atomic E-state index is 0.0743. The van der Waals surface area contributed by atoms with Crippen molar-refractivity contribution in [3.05, 3.63) is 40.5 Å². The fraction of sp³-hybridized carbons (Fsp3) is 0.545. The smallest absolute Gasteiger partial charge is 0.416 e. The molecule has 3 rings (SSSR count). The highest BCUT2D eigenvalue weighted by Gasteiger charge is 2.29. The number of carbonyl (C=O) groups excluding carboxylic acids is 2. The SMILES string of the molecule is Cc1nc(N(CC(=O)N2CCN(CCc3ccncc3)CC2)C(=O)OC(C)(C)C)cs1. The van der Waals surface area contributed by atoms with Gasteiger partial charge in [0.15, 0.2) is 0 Å². The predicted octanol–water partition coefficient (Wildman–Crippen LogP) is 2.97. The molecular weight excluding hydrogens is 414 g/mol. The first-order chi connectivity index (χ1) is 14.7. The number of nitrogens with zero attached hydrogens (tertiary/aromatic N) is 5. The van der Waals surface area contributed by atoms with Crippen LogP contribution in [0.5, 0.6) is 0 Å². The van der Waals surface area contributed by atoms with Crippen LogP contribution >= 0.6 is 11.3 Å². The normalized spacial score (nSPS) is 15.0. The van der Waals surface area contributed by atoms with Crippen molar-refractivity contribution in [3.63, 3.8) is 0 Å². The van der Waals surface area contributed by atoms with Crippen LogP contribution in [0.15, 0.2) is 29.9 Å². The Balaban J connectivity index is 1.55. The van der Waals surface area contributed by atoms with Gasteiger partial charge in [-0.25, -0.2) is 9.78 Å². The van der Waals surface area contributed by atoms with E-state index in [9.17, 15) is 9.59 Å². The third-order valence-corrected chi connectivity index (χ3v) is 5.74. The van der Waals surface area contributed by atoms with Crippen LogP contribution in [0.25, 0.3) is 0 Å². The number of piperazine rings is 1. The molecule has 0 unspecified atom stereocenters. The number of aryl methyl sites for hydroxylation is 1. The van der Waals surface area contributed by atoms with E-state index in [1.54, 1.807) is 5.38 Å². The van der Waals surface area contributed by atoms with Gasteiger partial charge >= 0.3 is 6.09 Å². The van der Waals surface area contributed by atoms with Crippen molar-refractivity contribution in [3.8, 4) is 0 Å². The lowest BCUT2D eigenvalue weighted by Gasteiger charge is -2.35. The van der Waals surface area contributed by atoms with Crippen molar-refractivity contribution < 1.29 is 14.3 Å². The van der Waals surface area contributed by atoms with Gasteiger partial charge in [-0.1, -0.05) is 0 Å². The standard InChI is InChI=1S/C22H31N5O3S/c1-17-24-19(16-31-17)27(21(29)30-22(2,3)4)15-20(28)26-13-11-25(12-14-26)10-7-18-5-8-23-9-6-18/h5-6,8-9,16H,7,10-15H2,1-4H3. The molecule has 3 heterocycles. The van der Waals surface area contributed by atoms with Crippen LogP contribution in [0.2, 0.25) is 0 Å². The molecule has 0 bridgehead atoms. The third-order valence-electron chi connectivity index (χ3n) is 4.98. The number of carbonyl (C=O) groups is 2. The molecule has 0 saturated carbocycles. The third kappa shape index (κ3) is 7.00. The predicted molar refractivity (Wildman–Crippen MR) is 121 cm³/mol. The van der Waals surface area contributed by atoms with E-state index >= 15 is 0 Å². The van der Waals surface area contributed by atoms with Crippen molar-refractivity contribution in [1.29, 1.82) is 0 Å². The Morgan fingerprint density at radius 2 is 1.84 bits per heavy atom. The average Bonchev–Trinajstić information content (AvgIpc) is 3.16. The highest BCUT2D eigenvalue weighted by atomic mass is 32.1. The van der Waals surface area contributed by atoms with Crippen molar-refractivity contribution in [2.24, 2.45) is 0 Å². The number of thiazole rings is 1. The molecule has 2 amide bonds. The molecule has 0 N–H and O–H groups in total. The Hall–Kier alpha value is -2.52. The van der Waals surface area contributed by atoms with Gasteiger partial charge in [-0.2, -0.15) is 0 Å². The molecule has 0 aromatic carbocycles. The summed E-state index contributed by atoms with van der Waals surface area (Å²) in [5.41, 5.74) is 0.615. The van der Waals surface area contributed by atoms with Crippen LogP contribution in [0.3, 0.4) is 0 Å². The Bertz CT molecular complexity index is 873. The van der Waals surface area contributed by atoms with Gasteiger partial charge in [-0.3, -0.25) is 19.6 Å². The molecule has 1 saturated heterocycles. The molecule has 1 aliphatic rings. The Morgan fingerprint density at radius 1 is 1.16 bits per heavy atom. The van der Waals surface area contributed by atoms with Crippen molar-refractivity contribution in [2.45, 2.75) is 39.7 Å². The van der Waals surface area contributed by atoms with Crippen LogP contribution < -0.4 is 4.90 Å². The Morgan fingerprint density at radius 3 is 2.42 bits per heavy atom. The number of hydrogen-bond donors (Lipinski definition) is 0. The number of pyridine rings is 1. The van der Waals surface area contributed by atoms with E-state index in [1.165, 1.54) is 21.8 Å². The molecule has 0 atom stereocenters. The lowest BCUT2D eigenvalue weighted by atomic mass is 10.2. The summed E-state index contributed by atoms with van der Waals surface area (Å²) in [6.45, 7) is 11.1. The first kappa shape index (κ1) is 23.1. The maximum Gasteiger partial charge on any atom is 0.416 e. The van der Waals surface area contributed by atoms with Crippen LogP contribution in [0.1, 0.15) is 31.3 Å². The minimum atomic E-state index is -0.649. The number of aromatic nitrogens is 2. The Labute approximate surface area is 187 Å². The minimum Gasteiger partial charge on any atom is -0.443 e. The van der Waals surface area contributed by atoms with Gasteiger partial charge in [-0.15, -0.1) is 11.3 Å². The monoisotopic (exact) mass is 445 g/mol. The van der Waals surface area contributed by atoms with Crippen LogP contribution in [0, 0.1) is 6.92 Å². The lowest BCUT2D eigenvalue weighted by molar-refractivity contribution is -0.131. The van der Waals surface area contributed by atoms with Crippen molar-refractivity contribution in [1.82, 2.24) is 19.8 Å². The maximum absolute atomic E-state index is 13.0. The highest BCUT2D eigenvalue weighted by Crippen LogP contribution is 2.21. The van der Waals surface area contributed by atoms with E-state index in [4.69, 9.17) is 4.74 Å². The van der Waals surface area contributed by atoms with Gasteiger partial charge in [-0.05, 0) is 51.8 Å². The number of hydrogen-bond acceptors (Lipinski definition) is 7. The van der Waals surface area contributed by atoms with Crippen molar-refractivity contribution in [2.75, 3.05) is 44.2 Å². The van der Waals surface area contributed by atoms with E-state index < -0.39 is 11.7 Å². The number of anilines is 1. The zero-order valence-electron chi connectivity index (χ0n) is 18.7. The maximum atomic E-state index is 13.0. The van der Waals surface area contributed by atoms with E-state index in [0.29, 0.717) is 18.9 Å². The van der Waals surface area contributed by atoms with Crippen LogP contribution in [0.4, 0.5) is 10.6 Å². The zero-order valence-corrected chi connectivity index (χ0v) is 19.5. The first-order valence-electron chi connectivity index (χ1n) is 10.5. The van der Waals surface area contributed by atoms with E-state index in [1.807, 2.05) is 57.1 Å². The van der Waals surface area contributed by atoms with E-state index in [-0.39, 0.29) is 12.5 Å². The van der Waals surface area contributed by atoms with Gasteiger partial charge < -0.3 is 9.64 Å². The lowest BCUT2D eigenvalue weighted by Crippen LogP contribution is -2.52. The van der Waals surface area contributed by atoms with Gasteiger partial charge in [0.2, 0.25) is 5.91 Å². The summed E-state index contributed by atoms with van der Waals surface area (Å²) in [5.74, 6) is 0.367. The zero-order chi connectivity index (χ0) is 22.4. The summed E-state index contributed by atoms with van der Waals surface area (Å²) in [5, 5.41) is 2.61. The first-order valence-corrected chi connectivity index (χ1v) is 11.4. The number of amides is 2. The molecule has 168 valence electrons. The number of rotatable bonds is 6. The second-order valence-corrected chi connectivity index (χ2v) is 9.68. The molecule has 1 aliphatic heterocycles. The van der Waals surface area contributed by atoms with Crippen LogP contribution in [-0.2, 0) is 16.0 Å². The molecule has 0 aliphatic carbocycles. The second-order valence-electron chi connectivity index (χ2n) is 8.62. The summed E-state index contributed by atoms with van der Waals surface area (Å²) in [4.78, 5) is 39.7. The molecule has 0 spiro atoms. The molecule has 2 aromatic rings. The summed E-state index contributed by atoms with van der Waals surface area (Å²) in [6, 6.07) is 4.07. The molecule has 9 heteroatoms. The summed E-state index contributed by atoms with van der Waals surface area (Å²) < 4.78 is 5.51. The van der Waals surface area contributed by atoms with Gasteiger partial charge in [0.25, 0.3) is 0 Å². The fourth-order valence-corrected chi connectivity index (χ4v) is 3.93. The van der Waals surface area contributed by atoms with Crippen LogP contribution in [-0.4, -0.2) is 76.6 Å². The molecule has 0 radical (unpaired) electrons. The quantitative estimate of drug-likeness (QED) is 0.680. The van der Waals surface area contributed by atoms with Gasteiger partial charge in [0.1, 0.15) is 18.0 Å². The highest BCUT2D eigenvalue weighted by molar-refractivity contribution is 7.09. The second kappa shape index (κ2) is 10.2. The van der Waals surface area contributed by atoms with E-state index in [2.05, 4.69) is 14.9 Å². The molecule has 31 heavy (non-hydrogen) atoms. The number of ether oxygens (including phenoxy) is 1. The Kier molecular flexibility index (Phi) is 7.61. The largest absolute Gasteiger partial charge is 0.443 e. The molecule has 2 aromatic heterocycles. The molecular formula is C22H31N5O3S. The van der Waals surface area contributed by atoms with Gasteiger partial charge in [0, 0.05) is 50.5 Å². The average molecular weight is 446 g/mol. The summed E-state index contributed by atoms with van der Waals surface area (Å²) in [6.07, 6.45) is 4.03. The molecule has 1 fully saturated rings.